The van der Waals surface area contributed by atoms with Gasteiger partial charge in [-0.2, -0.15) is 0 Å². The number of methoxy groups -OCH3 is 1. The first-order chi connectivity index (χ1) is 14.4. The van der Waals surface area contributed by atoms with Crippen LogP contribution in [0.4, 0.5) is 5.95 Å². The number of aromatic nitrogens is 2. The van der Waals surface area contributed by atoms with Gasteiger partial charge >= 0.3 is 0 Å². The highest BCUT2D eigenvalue weighted by Gasteiger charge is 2.21. The van der Waals surface area contributed by atoms with Crippen molar-refractivity contribution in [3.8, 4) is 5.75 Å². The molecule has 0 saturated heterocycles. The fourth-order valence-corrected chi connectivity index (χ4v) is 3.77. The van der Waals surface area contributed by atoms with Crippen LogP contribution in [0.15, 0.2) is 65.8 Å². The van der Waals surface area contributed by atoms with E-state index in [4.69, 9.17) is 16.3 Å². The number of carbonyl (C=O) groups excluding carboxylic acids is 1. The Bertz CT molecular complexity index is 1130. The summed E-state index contributed by atoms with van der Waals surface area (Å²) in [5.41, 5.74) is 5.79. The van der Waals surface area contributed by atoms with E-state index in [1.807, 2.05) is 0 Å². The molecular formula is C19H18ClN5O4S. The number of nitrogens with zero attached hydrogens (tertiary/aromatic N) is 2. The van der Waals surface area contributed by atoms with Gasteiger partial charge in [0.25, 0.3) is 5.91 Å². The molecule has 30 heavy (non-hydrogen) atoms. The van der Waals surface area contributed by atoms with Crippen LogP contribution >= 0.6 is 11.6 Å². The lowest BCUT2D eigenvalue weighted by Crippen LogP contribution is -2.30. The number of carbonyl (C=O) groups is 1. The number of hydrogen-bond donors (Lipinski definition) is 3. The van der Waals surface area contributed by atoms with Crippen LogP contribution in [0.5, 0.6) is 5.75 Å². The normalized spacial score (nSPS) is 11.0. The van der Waals surface area contributed by atoms with Gasteiger partial charge in [0, 0.05) is 29.5 Å². The average molecular weight is 448 g/mol. The van der Waals surface area contributed by atoms with Crippen LogP contribution < -0.4 is 20.3 Å². The summed E-state index contributed by atoms with van der Waals surface area (Å²) in [6, 6.07) is 12.5. The third-order valence-corrected chi connectivity index (χ3v) is 5.62. The maximum atomic E-state index is 12.8. The van der Waals surface area contributed by atoms with Gasteiger partial charge in [0.1, 0.15) is 10.6 Å². The quantitative estimate of drug-likeness (QED) is 0.453. The molecule has 1 amide bonds. The molecule has 0 aliphatic carbocycles. The molecular weight excluding hydrogens is 430 g/mol. The summed E-state index contributed by atoms with van der Waals surface area (Å²) in [4.78, 5) is 20.1. The first-order valence-corrected chi connectivity index (χ1v) is 10.5. The number of hydrogen-bond acceptors (Lipinski definition) is 7. The molecule has 0 spiro atoms. The zero-order valence-electron chi connectivity index (χ0n) is 15.8. The Balaban J connectivity index is 1.77. The van der Waals surface area contributed by atoms with E-state index in [2.05, 4.69) is 25.5 Å². The maximum Gasteiger partial charge on any atom is 0.269 e. The third-order valence-electron chi connectivity index (χ3n) is 3.95. The van der Waals surface area contributed by atoms with Gasteiger partial charge in [-0.15, -0.1) is 0 Å². The van der Waals surface area contributed by atoms with Gasteiger partial charge in [-0.1, -0.05) is 23.7 Å². The zero-order chi connectivity index (χ0) is 21.6. The Morgan fingerprint density at radius 3 is 2.47 bits per heavy atom. The molecule has 0 radical (unpaired) electrons. The second-order valence-electron chi connectivity index (χ2n) is 5.97. The number of ether oxygens (including phenoxy) is 1. The van der Waals surface area contributed by atoms with Crippen LogP contribution in [0.2, 0.25) is 5.02 Å². The molecule has 3 aromatic rings. The minimum Gasteiger partial charge on any atom is -0.495 e. The summed E-state index contributed by atoms with van der Waals surface area (Å²) in [6.07, 6.45) is 3.01. The lowest BCUT2D eigenvalue weighted by atomic mass is 10.2. The first kappa shape index (κ1) is 21.5. The Morgan fingerprint density at radius 1 is 1.10 bits per heavy atom. The standard InChI is InChI=1S/C19H18ClN5O4S/c1-29-16-8-5-14(18(26)24-25-19-21-9-2-10-22-19)11-17(16)30(27,28)23-12-13-3-6-15(20)7-4-13/h2-11,23H,12H2,1H3,(H,24,26)(H,21,22,25). The molecule has 0 atom stereocenters. The summed E-state index contributed by atoms with van der Waals surface area (Å²) in [6.45, 7) is 0.0476. The molecule has 11 heteroatoms. The molecule has 0 saturated carbocycles. The number of anilines is 1. The van der Waals surface area contributed by atoms with Crippen molar-refractivity contribution in [2.24, 2.45) is 0 Å². The lowest BCUT2D eigenvalue weighted by Gasteiger charge is -2.13. The largest absolute Gasteiger partial charge is 0.495 e. The van der Waals surface area contributed by atoms with Crippen LogP contribution in [0.3, 0.4) is 0 Å². The molecule has 1 aromatic heterocycles. The molecule has 9 nitrogen and oxygen atoms in total. The highest BCUT2D eigenvalue weighted by atomic mass is 35.5. The molecule has 156 valence electrons. The van der Waals surface area contributed by atoms with Crippen molar-refractivity contribution < 1.29 is 17.9 Å². The third kappa shape index (κ3) is 5.44. The summed E-state index contributed by atoms with van der Waals surface area (Å²) < 4.78 is 33.3. The number of nitrogens with one attached hydrogen (secondary N) is 3. The van der Waals surface area contributed by atoms with Crippen LogP contribution in [-0.2, 0) is 16.6 Å². The number of benzene rings is 2. The van der Waals surface area contributed by atoms with Crippen molar-refractivity contribution in [1.29, 1.82) is 0 Å². The van der Waals surface area contributed by atoms with Gasteiger partial charge in [0.2, 0.25) is 16.0 Å². The van der Waals surface area contributed by atoms with Crippen LogP contribution in [0.1, 0.15) is 15.9 Å². The van der Waals surface area contributed by atoms with E-state index in [1.54, 1.807) is 30.3 Å². The monoisotopic (exact) mass is 447 g/mol. The van der Waals surface area contributed by atoms with E-state index in [0.29, 0.717) is 5.02 Å². The summed E-state index contributed by atoms with van der Waals surface area (Å²) in [7, 11) is -2.62. The van der Waals surface area contributed by atoms with Gasteiger partial charge in [-0.3, -0.25) is 15.6 Å². The Morgan fingerprint density at radius 2 is 1.80 bits per heavy atom. The summed E-state index contributed by atoms with van der Waals surface area (Å²) in [5.74, 6) is -0.273. The number of sulfonamides is 1. The Kier molecular flexibility index (Phi) is 6.83. The number of halogens is 1. The molecule has 1 heterocycles. The van der Waals surface area contributed by atoms with Crippen molar-refractivity contribution >= 4 is 33.5 Å². The zero-order valence-corrected chi connectivity index (χ0v) is 17.4. The molecule has 0 unspecified atom stereocenters. The van der Waals surface area contributed by atoms with Gasteiger partial charge < -0.3 is 4.74 Å². The van der Waals surface area contributed by atoms with Crippen LogP contribution in [0, 0.1) is 0 Å². The lowest BCUT2D eigenvalue weighted by molar-refractivity contribution is 0.0962. The summed E-state index contributed by atoms with van der Waals surface area (Å²) in [5, 5.41) is 0.552. The van der Waals surface area contributed by atoms with Crippen molar-refractivity contribution in [1.82, 2.24) is 20.1 Å². The average Bonchev–Trinajstić information content (AvgIpc) is 2.77. The predicted octanol–water partition coefficient (Wildman–Crippen LogP) is 2.37. The fourth-order valence-electron chi connectivity index (χ4n) is 2.43. The fraction of sp³-hybridized carbons (Fsp3) is 0.105. The van der Waals surface area contributed by atoms with Crippen molar-refractivity contribution in [3.05, 3.63) is 77.1 Å². The van der Waals surface area contributed by atoms with E-state index >= 15 is 0 Å². The number of rotatable bonds is 8. The molecule has 0 bridgehead atoms. The SMILES string of the molecule is COc1ccc(C(=O)NNc2ncccn2)cc1S(=O)(=O)NCc1ccc(Cl)cc1. The molecule has 3 N–H and O–H groups in total. The second kappa shape index (κ2) is 9.53. The van der Waals surface area contributed by atoms with E-state index in [1.165, 1.54) is 37.7 Å². The van der Waals surface area contributed by atoms with E-state index < -0.39 is 15.9 Å². The minimum absolute atomic E-state index is 0.0476. The highest BCUT2D eigenvalue weighted by Crippen LogP contribution is 2.25. The van der Waals surface area contributed by atoms with E-state index in [9.17, 15) is 13.2 Å². The predicted molar refractivity (Wildman–Crippen MR) is 112 cm³/mol. The van der Waals surface area contributed by atoms with E-state index in [-0.39, 0.29) is 28.7 Å². The smallest absolute Gasteiger partial charge is 0.269 e. The van der Waals surface area contributed by atoms with Gasteiger partial charge in [0.05, 0.1) is 7.11 Å². The second-order valence-corrected chi connectivity index (χ2v) is 8.14. The van der Waals surface area contributed by atoms with Crippen molar-refractivity contribution in [2.45, 2.75) is 11.4 Å². The molecule has 3 rings (SSSR count). The van der Waals surface area contributed by atoms with Crippen LogP contribution in [0.25, 0.3) is 0 Å². The Labute approximate surface area is 178 Å². The number of amides is 1. The van der Waals surface area contributed by atoms with Crippen molar-refractivity contribution in [2.75, 3.05) is 12.5 Å². The highest BCUT2D eigenvalue weighted by molar-refractivity contribution is 7.89. The molecule has 0 fully saturated rings. The Hall–Kier alpha value is -3.21. The summed E-state index contributed by atoms with van der Waals surface area (Å²) >= 11 is 5.84. The van der Waals surface area contributed by atoms with E-state index in [0.717, 1.165) is 5.56 Å². The van der Waals surface area contributed by atoms with Crippen LogP contribution in [-0.4, -0.2) is 31.4 Å². The number of hydrazine groups is 1. The van der Waals surface area contributed by atoms with Crippen molar-refractivity contribution in [3.63, 3.8) is 0 Å². The van der Waals surface area contributed by atoms with Gasteiger partial charge in [-0.25, -0.2) is 23.1 Å². The van der Waals surface area contributed by atoms with Gasteiger partial charge in [-0.05, 0) is 42.0 Å². The molecule has 0 aliphatic heterocycles. The molecule has 2 aromatic carbocycles. The van der Waals surface area contributed by atoms with Gasteiger partial charge in [0.15, 0.2) is 0 Å². The molecule has 0 aliphatic rings. The maximum absolute atomic E-state index is 12.8. The first-order valence-electron chi connectivity index (χ1n) is 8.64. The topological polar surface area (TPSA) is 122 Å². The minimum atomic E-state index is -3.97.